The zero-order chi connectivity index (χ0) is 15.9. The van der Waals surface area contributed by atoms with Crippen LogP contribution in [-0.2, 0) is 20.4 Å². The number of carbonyl (C=O) groups is 1. The lowest BCUT2D eigenvalue weighted by molar-refractivity contribution is 0.156. The summed E-state index contributed by atoms with van der Waals surface area (Å²) < 4.78 is 21.0. The Morgan fingerprint density at radius 1 is 1.48 bits per heavy atom. The number of anilines is 1. The van der Waals surface area contributed by atoms with Gasteiger partial charge in [0.05, 0.1) is 6.61 Å². The highest BCUT2D eigenvalue weighted by atomic mass is 31.2. The van der Waals surface area contributed by atoms with E-state index in [0.717, 1.165) is 11.3 Å². The zero-order valence-corrected chi connectivity index (χ0v) is 13.4. The Labute approximate surface area is 124 Å². The SMILES string of the molecule is CCOP(C)(=O)C(O)CC.O=C1Nc2cccc(c2)CO1. The number of fused-ring (bicyclic) bond motifs is 2. The van der Waals surface area contributed by atoms with Crippen LogP contribution in [0.4, 0.5) is 10.5 Å². The smallest absolute Gasteiger partial charge is 0.411 e. The van der Waals surface area contributed by atoms with Gasteiger partial charge in [0.2, 0.25) is 7.37 Å². The van der Waals surface area contributed by atoms with Crippen LogP contribution in [0, 0.1) is 0 Å². The number of benzene rings is 1. The quantitative estimate of drug-likeness (QED) is 0.832. The molecule has 2 bridgehead atoms. The Morgan fingerprint density at radius 2 is 2.19 bits per heavy atom. The number of rotatable bonds is 4. The molecule has 1 aliphatic heterocycles. The van der Waals surface area contributed by atoms with E-state index in [1.165, 1.54) is 6.66 Å². The predicted octanol–water partition coefficient (Wildman–Crippen LogP) is 3.41. The van der Waals surface area contributed by atoms with Crippen LogP contribution in [0.25, 0.3) is 0 Å². The number of cyclic esters (lactones) is 1. The maximum Gasteiger partial charge on any atom is 0.411 e. The number of aliphatic hydroxyl groups is 1. The van der Waals surface area contributed by atoms with E-state index >= 15 is 0 Å². The standard InChI is InChI=1S/C8H7NO2.C6H15O3P/c10-8-9-7-3-1-2-6(4-7)5-11-8;1-4-6(7)10(3,8)9-5-2/h1-4H,5H2,(H,9,10);6-7H,4-5H2,1-3H3. The second-order valence-corrected chi connectivity index (χ2v) is 7.29. The molecule has 2 atom stereocenters. The number of aliphatic hydroxyl groups excluding tert-OH is 1. The van der Waals surface area contributed by atoms with Crippen LogP contribution >= 0.6 is 7.37 Å². The first-order chi connectivity index (χ1) is 9.89. The fourth-order valence-electron chi connectivity index (χ4n) is 1.72. The summed E-state index contributed by atoms with van der Waals surface area (Å²) in [6, 6.07) is 7.53. The molecule has 21 heavy (non-hydrogen) atoms. The monoisotopic (exact) mass is 315 g/mol. The van der Waals surface area contributed by atoms with Crippen molar-refractivity contribution >= 4 is 19.1 Å². The van der Waals surface area contributed by atoms with Gasteiger partial charge in [-0.1, -0.05) is 19.1 Å². The van der Waals surface area contributed by atoms with Crippen LogP contribution in [0.5, 0.6) is 0 Å². The number of hydrogen-bond donors (Lipinski definition) is 2. The number of hydrogen-bond acceptors (Lipinski definition) is 5. The van der Waals surface area contributed by atoms with Crippen LogP contribution in [0.3, 0.4) is 0 Å². The molecule has 1 heterocycles. The van der Waals surface area contributed by atoms with Crippen LogP contribution in [0.2, 0.25) is 0 Å². The van der Waals surface area contributed by atoms with Crippen molar-refractivity contribution in [3.63, 3.8) is 0 Å². The van der Waals surface area contributed by atoms with Gasteiger partial charge in [0.1, 0.15) is 12.5 Å². The van der Waals surface area contributed by atoms with E-state index in [0.29, 0.717) is 19.6 Å². The molecule has 0 spiro atoms. The molecule has 6 nitrogen and oxygen atoms in total. The Bertz CT molecular complexity index is 520. The van der Waals surface area contributed by atoms with E-state index in [-0.39, 0.29) is 6.09 Å². The number of carbonyl (C=O) groups excluding carboxylic acids is 1. The number of amides is 1. The van der Waals surface area contributed by atoms with Crippen LogP contribution < -0.4 is 5.32 Å². The molecule has 0 saturated carbocycles. The molecule has 0 aromatic heterocycles. The first kappa shape index (κ1) is 17.7. The average molecular weight is 315 g/mol. The topological polar surface area (TPSA) is 84.9 Å². The molecular weight excluding hydrogens is 293 g/mol. The lowest BCUT2D eigenvalue weighted by Crippen LogP contribution is -2.09. The molecule has 1 aromatic rings. The van der Waals surface area contributed by atoms with Crippen molar-refractivity contribution in [2.45, 2.75) is 32.7 Å². The van der Waals surface area contributed by atoms with E-state index in [2.05, 4.69) is 5.32 Å². The van der Waals surface area contributed by atoms with E-state index in [9.17, 15) is 9.36 Å². The van der Waals surface area contributed by atoms with Gasteiger partial charge < -0.3 is 14.4 Å². The fraction of sp³-hybridized carbons (Fsp3) is 0.500. The molecule has 7 heteroatoms. The highest BCUT2D eigenvalue weighted by Crippen LogP contribution is 2.47. The van der Waals surface area contributed by atoms with Gasteiger partial charge in [-0.3, -0.25) is 9.88 Å². The van der Waals surface area contributed by atoms with Gasteiger partial charge in [0, 0.05) is 12.4 Å². The largest absolute Gasteiger partial charge is 0.444 e. The maximum absolute atomic E-state index is 11.3. The zero-order valence-electron chi connectivity index (χ0n) is 12.5. The van der Waals surface area contributed by atoms with Crippen LogP contribution in [0.1, 0.15) is 25.8 Å². The Balaban J connectivity index is 0.000000212. The van der Waals surface area contributed by atoms with Crippen molar-refractivity contribution in [3.05, 3.63) is 29.8 Å². The normalized spacial score (nSPS) is 17.2. The lowest BCUT2D eigenvalue weighted by atomic mass is 10.2. The maximum atomic E-state index is 11.3. The molecule has 2 N–H and O–H groups in total. The van der Waals surface area contributed by atoms with Gasteiger partial charge >= 0.3 is 6.09 Å². The van der Waals surface area contributed by atoms with Gasteiger partial charge in [-0.15, -0.1) is 0 Å². The summed E-state index contributed by atoms with van der Waals surface area (Å²) in [7, 11) is -2.73. The second-order valence-electron chi connectivity index (χ2n) is 4.62. The van der Waals surface area contributed by atoms with Crippen molar-refractivity contribution in [2.75, 3.05) is 18.6 Å². The third kappa shape index (κ3) is 5.87. The molecule has 118 valence electrons. The minimum atomic E-state index is -2.73. The fourth-order valence-corrected chi connectivity index (χ4v) is 3.06. The van der Waals surface area contributed by atoms with Crippen molar-refractivity contribution in [1.29, 1.82) is 0 Å². The number of ether oxygens (including phenoxy) is 1. The minimum absolute atomic E-state index is 0.361. The molecule has 1 aromatic carbocycles. The molecule has 2 rings (SSSR count). The molecule has 2 unspecified atom stereocenters. The second kappa shape index (κ2) is 8.17. The number of nitrogens with one attached hydrogen (secondary N) is 1. The first-order valence-corrected chi connectivity index (χ1v) is 8.95. The van der Waals surface area contributed by atoms with Crippen LogP contribution in [0.15, 0.2) is 24.3 Å². The Hall–Kier alpha value is -1.36. The van der Waals surface area contributed by atoms with Gasteiger partial charge in [-0.25, -0.2) is 4.79 Å². The van der Waals surface area contributed by atoms with E-state index < -0.39 is 13.2 Å². The predicted molar refractivity (Wildman–Crippen MR) is 81.7 cm³/mol. The van der Waals surface area contributed by atoms with E-state index in [1.54, 1.807) is 13.8 Å². The first-order valence-electron chi connectivity index (χ1n) is 6.81. The van der Waals surface area contributed by atoms with E-state index in [4.69, 9.17) is 14.4 Å². The molecule has 1 aliphatic rings. The average Bonchev–Trinajstić information content (AvgIpc) is 2.56. The Kier molecular flexibility index (Phi) is 6.89. The Morgan fingerprint density at radius 3 is 2.81 bits per heavy atom. The molecule has 0 fully saturated rings. The van der Waals surface area contributed by atoms with E-state index in [1.807, 2.05) is 24.3 Å². The molecule has 0 saturated heterocycles. The summed E-state index contributed by atoms with van der Waals surface area (Å²) in [5.41, 5.74) is 1.81. The van der Waals surface area contributed by atoms with Crippen LogP contribution in [-0.4, -0.2) is 30.3 Å². The summed E-state index contributed by atoms with van der Waals surface area (Å²) in [5, 5.41) is 11.7. The highest BCUT2D eigenvalue weighted by Gasteiger charge is 2.24. The summed E-state index contributed by atoms with van der Waals surface area (Å²) in [6.45, 7) is 5.76. The highest BCUT2D eigenvalue weighted by molar-refractivity contribution is 7.58. The summed E-state index contributed by atoms with van der Waals surface area (Å²) in [5.74, 6) is -0.799. The molecule has 0 aliphatic carbocycles. The summed E-state index contributed by atoms with van der Waals surface area (Å²) in [6.07, 6.45) is 0.0968. The van der Waals surface area contributed by atoms with Gasteiger partial charge in [0.25, 0.3) is 0 Å². The van der Waals surface area contributed by atoms with Gasteiger partial charge in [-0.2, -0.15) is 0 Å². The summed E-state index contributed by atoms with van der Waals surface area (Å²) in [4.78, 5) is 10.8. The third-order valence-electron chi connectivity index (χ3n) is 2.84. The minimum Gasteiger partial charge on any atom is -0.444 e. The molecule has 0 radical (unpaired) electrons. The lowest BCUT2D eigenvalue weighted by Gasteiger charge is -2.17. The van der Waals surface area contributed by atoms with Gasteiger partial charge in [-0.05, 0) is 31.0 Å². The van der Waals surface area contributed by atoms with Crippen molar-refractivity contribution in [3.8, 4) is 0 Å². The van der Waals surface area contributed by atoms with Crippen molar-refractivity contribution in [1.82, 2.24) is 0 Å². The third-order valence-corrected chi connectivity index (χ3v) is 5.05. The van der Waals surface area contributed by atoms with Crippen molar-refractivity contribution < 1.29 is 23.7 Å². The molecule has 1 amide bonds. The summed E-state index contributed by atoms with van der Waals surface area (Å²) >= 11 is 0. The van der Waals surface area contributed by atoms with Gasteiger partial charge in [0.15, 0.2) is 0 Å². The van der Waals surface area contributed by atoms with Crippen molar-refractivity contribution in [2.24, 2.45) is 0 Å². The molecular formula is C14H22NO5P.